The number of nitro benzene ring substituents is 1. The highest BCUT2D eigenvalue weighted by atomic mass is 35.5. The van der Waals surface area contributed by atoms with Crippen molar-refractivity contribution in [3.8, 4) is 0 Å². The molecule has 8 nitrogen and oxygen atoms in total. The lowest BCUT2D eigenvalue weighted by atomic mass is 10.2. The Balaban J connectivity index is 2.04. The van der Waals surface area contributed by atoms with Gasteiger partial charge in [-0.2, -0.15) is 0 Å². The second-order valence-electron chi connectivity index (χ2n) is 4.73. The molecule has 3 aromatic rings. The van der Waals surface area contributed by atoms with E-state index in [-0.39, 0.29) is 16.7 Å². The Morgan fingerprint density at radius 3 is 2.54 bits per heavy atom. The minimum atomic E-state index is -0.508. The third kappa shape index (κ3) is 3.08. The molecule has 24 heavy (non-hydrogen) atoms. The first-order chi connectivity index (χ1) is 11.6. The standard InChI is InChI=1S/C15H10ClN5O3/c16-14-15(19-11-4-2-1-3-10(11)17-8-22)20-13-7-9(21(23)24)5-6-12(13)18-14/h1-8H,(H,17,22)(H,19,20). The summed E-state index contributed by atoms with van der Waals surface area (Å²) in [5.74, 6) is 0.227. The van der Waals surface area contributed by atoms with Gasteiger partial charge in [-0.25, -0.2) is 9.97 Å². The summed E-state index contributed by atoms with van der Waals surface area (Å²) >= 11 is 6.12. The molecule has 0 spiro atoms. The maximum Gasteiger partial charge on any atom is 0.271 e. The van der Waals surface area contributed by atoms with Gasteiger partial charge in [0.2, 0.25) is 6.41 Å². The lowest BCUT2D eigenvalue weighted by molar-refractivity contribution is -0.384. The number of aromatic nitrogens is 2. The molecule has 0 aliphatic rings. The first-order valence-corrected chi connectivity index (χ1v) is 7.14. The Morgan fingerprint density at radius 2 is 1.83 bits per heavy atom. The number of rotatable bonds is 5. The summed E-state index contributed by atoms with van der Waals surface area (Å²) in [6.45, 7) is 0. The summed E-state index contributed by atoms with van der Waals surface area (Å²) in [7, 11) is 0. The van der Waals surface area contributed by atoms with Crippen LogP contribution in [0.4, 0.5) is 22.9 Å². The molecule has 120 valence electrons. The van der Waals surface area contributed by atoms with Crippen LogP contribution in [-0.2, 0) is 4.79 Å². The molecule has 1 aromatic heterocycles. The van der Waals surface area contributed by atoms with Crippen LogP contribution in [0.25, 0.3) is 11.0 Å². The van der Waals surface area contributed by atoms with Crippen LogP contribution in [-0.4, -0.2) is 21.3 Å². The van der Waals surface area contributed by atoms with E-state index in [1.165, 1.54) is 18.2 Å². The lowest BCUT2D eigenvalue weighted by Gasteiger charge is -2.11. The number of carbonyl (C=O) groups is 1. The quantitative estimate of drug-likeness (QED) is 0.416. The summed E-state index contributed by atoms with van der Waals surface area (Å²) in [5, 5.41) is 16.5. The average Bonchev–Trinajstić information content (AvgIpc) is 2.57. The van der Waals surface area contributed by atoms with Crippen LogP contribution in [0, 0.1) is 10.1 Å². The van der Waals surface area contributed by atoms with Crippen molar-refractivity contribution in [2.45, 2.75) is 0 Å². The number of para-hydroxylation sites is 2. The number of non-ortho nitro benzene ring substituents is 1. The molecule has 0 radical (unpaired) electrons. The van der Waals surface area contributed by atoms with Crippen molar-refractivity contribution in [1.29, 1.82) is 0 Å². The number of carbonyl (C=O) groups excluding carboxylic acids is 1. The van der Waals surface area contributed by atoms with E-state index in [1.807, 2.05) is 0 Å². The van der Waals surface area contributed by atoms with E-state index in [9.17, 15) is 14.9 Å². The van der Waals surface area contributed by atoms with E-state index in [0.29, 0.717) is 28.8 Å². The molecular weight excluding hydrogens is 334 g/mol. The van der Waals surface area contributed by atoms with E-state index in [4.69, 9.17) is 11.6 Å². The Labute approximate surface area is 140 Å². The van der Waals surface area contributed by atoms with E-state index in [2.05, 4.69) is 20.6 Å². The molecule has 1 heterocycles. The van der Waals surface area contributed by atoms with Gasteiger partial charge in [0.05, 0.1) is 27.3 Å². The fraction of sp³-hybridized carbons (Fsp3) is 0. The molecule has 1 amide bonds. The fourth-order valence-electron chi connectivity index (χ4n) is 2.12. The highest BCUT2D eigenvalue weighted by Gasteiger charge is 2.12. The smallest absolute Gasteiger partial charge is 0.271 e. The van der Waals surface area contributed by atoms with Crippen LogP contribution in [0.5, 0.6) is 0 Å². The largest absolute Gasteiger partial charge is 0.336 e. The van der Waals surface area contributed by atoms with Crippen molar-refractivity contribution in [2.24, 2.45) is 0 Å². The van der Waals surface area contributed by atoms with Crippen LogP contribution in [0.2, 0.25) is 5.15 Å². The van der Waals surface area contributed by atoms with Gasteiger partial charge in [-0.05, 0) is 18.2 Å². The number of halogens is 1. The number of benzene rings is 2. The zero-order valence-corrected chi connectivity index (χ0v) is 12.8. The zero-order valence-electron chi connectivity index (χ0n) is 12.1. The summed E-state index contributed by atoms with van der Waals surface area (Å²) in [5.41, 5.74) is 1.77. The van der Waals surface area contributed by atoms with Gasteiger partial charge in [-0.3, -0.25) is 14.9 Å². The van der Waals surface area contributed by atoms with Gasteiger partial charge in [-0.1, -0.05) is 23.7 Å². The highest BCUT2D eigenvalue weighted by molar-refractivity contribution is 6.32. The van der Waals surface area contributed by atoms with Gasteiger partial charge in [-0.15, -0.1) is 0 Å². The number of nitrogens with one attached hydrogen (secondary N) is 2. The molecule has 0 unspecified atom stereocenters. The molecule has 0 fully saturated rings. The van der Waals surface area contributed by atoms with Crippen molar-refractivity contribution in [3.63, 3.8) is 0 Å². The van der Waals surface area contributed by atoms with Crippen LogP contribution >= 0.6 is 11.6 Å². The molecule has 0 bridgehead atoms. The zero-order chi connectivity index (χ0) is 17.1. The molecule has 0 saturated heterocycles. The molecule has 0 aliphatic heterocycles. The van der Waals surface area contributed by atoms with Crippen molar-refractivity contribution in [2.75, 3.05) is 10.6 Å². The molecule has 0 saturated carbocycles. The first kappa shape index (κ1) is 15.6. The van der Waals surface area contributed by atoms with Crippen molar-refractivity contribution in [1.82, 2.24) is 9.97 Å². The number of anilines is 3. The van der Waals surface area contributed by atoms with E-state index >= 15 is 0 Å². The van der Waals surface area contributed by atoms with Crippen molar-refractivity contribution >= 4 is 51.9 Å². The monoisotopic (exact) mass is 343 g/mol. The molecule has 0 atom stereocenters. The van der Waals surface area contributed by atoms with Gasteiger partial charge in [0, 0.05) is 12.1 Å². The molecule has 0 aliphatic carbocycles. The predicted molar refractivity (Wildman–Crippen MR) is 90.6 cm³/mol. The molecule has 3 rings (SSSR count). The maximum absolute atomic E-state index is 10.9. The number of fused-ring (bicyclic) bond motifs is 1. The molecule has 9 heteroatoms. The van der Waals surface area contributed by atoms with Crippen LogP contribution < -0.4 is 10.6 Å². The maximum atomic E-state index is 10.9. The Morgan fingerprint density at radius 1 is 1.08 bits per heavy atom. The van der Waals surface area contributed by atoms with E-state index < -0.39 is 4.92 Å². The van der Waals surface area contributed by atoms with E-state index in [1.54, 1.807) is 24.3 Å². The molecule has 2 N–H and O–H groups in total. The van der Waals surface area contributed by atoms with Crippen molar-refractivity contribution < 1.29 is 9.72 Å². The number of amides is 1. The lowest BCUT2D eigenvalue weighted by Crippen LogP contribution is -2.02. The number of nitrogens with zero attached hydrogens (tertiary/aromatic N) is 3. The number of hydrogen-bond acceptors (Lipinski definition) is 6. The second-order valence-corrected chi connectivity index (χ2v) is 5.08. The SMILES string of the molecule is O=CNc1ccccc1Nc1nc2cc([N+](=O)[O-])ccc2nc1Cl. The predicted octanol–water partition coefficient (Wildman–Crippen LogP) is 3.50. The first-order valence-electron chi connectivity index (χ1n) is 6.76. The van der Waals surface area contributed by atoms with Crippen LogP contribution in [0.3, 0.4) is 0 Å². The Hall–Kier alpha value is -3.26. The summed E-state index contributed by atoms with van der Waals surface area (Å²) < 4.78 is 0. The number of hydrogen-bond donors (Lipinski definition) is 2. The highest BCUT2D eigenvalue weighted by Crippen LogP contribution is 2.29. The minimum absolute atomic E-state index is 0.0897. The molecule has 2 aromatic carbocycles. The van der Waals surface area contributed by atoms with Gasteiger partial charge < -0.3 is 10.6 Å². The van der Waals surface area contributed by atoms with Gasteiger partial charge in [0.1, 0.15) is 0 Å². The Bertz CT molecular complexity index is 948. The third-order valence-electron chi connectivity index (χ3n) is 3.21. The van der Waals surface area contributed by atoms with Crippen LogP contribution in [0.1, 0.15) is 0 Å². The third-order valence-corrected chi connectivity index (χ3v) is 3.47. The van der Waals surface area contributed by atoms with E-state index in [0.717, 1.165) is 0 Å². The summed E-state index contributed by atoms with van der Waals surface area (Å²) in [6.07, 6.45) is 0.553. The van der Waals surface area contributed by atoms with Crippen molar-refractivity contribution in [3.05, 3.63) is 57.7 Å². The van der Waals surface area contributed by atoms with Gasteiger partial charge >= 0.3 is 0 Å². The second kappa shape index (κ2) is 6.47. The fourth-order valence-corrected chi connectivity index (χ4v) is 2.30. The Kier molecular flexibility index (Phi) is 4.21. The molecular formula is C15H10ClN5O3. The topological polar surface area (TPSA) is 110 Å². The van der Waals surface area contributed by atoms with Crippen LogP contribution in [0.15, 0.2) is 42.5 Å². The van der Waals surface area contributed by atoms with Gasteiger partial charge in [0.15, 0.2) is 11.0 Å². The van der Waals surface area contributed by atoms with Gasteiger partial charge in [0.25, 0.3) is 5.69 Å². The minimum Gasteiger partial charge on any atom is -0.336 e. The summed E-state index contributed by atoms with van der Waals surface area (Å²) in [6, 6.07) is 11.1. The number of nitro groups is 1. The summed E-state index contributed by atoms with van der Waals surface area (Å²) in [4.78, 5) is 29.5. The normalized spacial score (nSPS) is 10.4. The average molecular weight is 344 g/mol.